The summed E-state index contributed by atoms with van der Waals surface area (Å²) < 4.78 is 14.2. The molecule has 0 saturated carbocycles. The van der Waals surface area contributed by atoms with E-state index in [1.165, 1.54) is 4.68 Å². The number of aromatic nitrogens is 2. The van der Waals surface area contributed by atoms with Crippen molar-refractivity contribution in [1.82, 2.24) is 9.66 Å². The van der Waals surface area contributed by atoms with Crippen molar-refractivity contribution >= 4 is 67.2 Å². The van der Waals surface area contributed by atoms with Crippen LogP contribution in [-0.4, -0.2) is 15.9 Å². The van der Waals surface area contributed by atoms with Crippen molar-refractivity contribution in [3.05, 3.63) is 127 Å². The Morgan fingerprint density at radius 3 is 2.67 bits per heavy atom. The number of fused-ring (bicyclic) bond motifs is 2. The summed E-state index contributed by atoms with van der Waals surface area (Å²) in [6.45, 7) is 0.270. The normalized spacial score (nSPS) is 11.6. The van der Waals surface area contributed by atoms with Crippen LogP contribution < -0.4 is 10.3 Å². The van der Waals surface area contributed by atoms with E-state index >= 15 is 0 Å². The minimum Gasteiger partial charge on any atom is -0.488 e. The van der Waals surface area contributed by atoms with Crippen LogP contribution >= 0.6 is 39.1 Å². The van der Waals surface area contributed by atoms with E-state index in [4.69, 9.17) is 37.3 Å². The van der Waals surface area contributed by atoms with Crippen molar-refractivity contribution in [2.45, 2.75) is 6.61 Å². The molecule has 0 amide bonds. The standard InChI is InChI=1S/C30H18BrCl2N3O3/c31-21-9-11-26(38-17-18-5-1-3-7-24(18)33)20(13-21)16-34-36-29(35-25-8-4-2-6-23(25)30(36)37)28-15-19-14-22(32)10-12-27(19)39-28/h1-16H,17H2. The fourth-order valence-corrected chi connectivity index (χ4v) is 4.91. The molecular formula is C30H18BrCl2N3O3. The molecule has 0 radical (unpaired) electrons. The Labute approximate surface area is 241 Å². The third kappa shape index (κ3) is 5.21. The van der Waals surface area contributed by atoms with Crippen molar-refractivity contribution in [3.63, 3.8) is 0 Å². The lowest BCUT2D eigenvalue weighted by Crippen LogP contribution is -2.20. The number of para-hydroxylation sites is 1. The van der Waals surface area contributed by atoms with Crippen molar-refractivity contribution in [3.8, 4) is 17.3 Å². The summed E-state index contributed by atoms with van der Waals surface area (Å²) in [6, 6.07) is 27.3. The fraction of sp³-hybridized carbons (Fsp3) is 0.0333. The second-order valence-corrected chi connectivity index (χ2v) is 10.4. The van der Waals surface area contributed by atoms with Crippen LogP contribution in [0.3, 0.4) is 0 Å². The molecule has 0 aliphatic heterocycles. The highest BCUT2D eigenvalue weighted by Gasteiger charge is 2.17. The highest BCUT2D eigenvalue weighted by Crippen LogP contribution is 2.29. The first-order chi connectivity index (χ1) is 19.0. The van der Waals surface area contributed by atoms with Crippen LogP contribution in [0, 0.1) is 0 Å². The SMILES string of the molecule is O=c1c2ccccc2nc(-c2cc3cc(Cl)ccc3o2)n1N=Cc1cc(Br)ccc1OCc1ccccc1Cl. The summed E-state index contributed by atoms with van der Waals surface area (Å²) in [5, 5.41) is 6.99. The van der Waals surface area contributed by atoms with Gasteiger partial charge in [0.25, 0.3) is 5.56 Å². The molecule has 0 saturated heterocycles. The van der Waals surface area contributed by atoms with Gasteiger partial charge < -0.3 is 9.15 Å². The van der Waals surface area contributed by atoms with Crippen molar-refractivity contribution in [2.75, 3.05) is 0 Å². The predicted octanol–water partition coefficient (Wildman–Crippen LogP) is 8.34. The van der Waals surface area contributed by atoms with Crippen LogP contribution in [0.2, 0.25) is 10.0 Å². The minimum absolute atomic E-state index is 0.260. The van der Waals surface area contributed by atoms with Crippen molar-refractivity contribution < 1.29 is 9.15 Å². The summed E-state index contributed by atoms with van der Waals surface area (Å²) >= 11 is 16.0. The number of furan rings is 1. The summed E-state index contributed by atoms with van der Waals surface area (Å²) in [5.41, 5.74) is 2.33. The first kappa shape index (κ1) is 25.4. The largest absolute Gasteiger partial charge is 0.488 e. The van der Waals surface area contributed by atoms with Crippen LogP contribution in [0.15, 0.2) is 110 Å². The van der Waals surface area contributed by atoms with E-state index in [2.05, 4.69) is 21.0 Å². The summed E-state index contributed by atoms with van der Waals surface area (Å²) in [7, 11) is 0. The second kappa shape index (κ2) is 10.7. The first-order valence-electron chi connectivity index (χ1n) is 11.9. The maximum absolute atomic E-state index is 13.6. The lowest BCUT2D eigenvalue weighted by Gasteiger charge is -2.11. The van der Waals surface area contributed by atoms with E-state index in [0.717, 1.165) is 15.4 Å². The molecule has 6 nitrogen and oxygen atoms in total. The lowest BCUT2D eigenvalue weighted by molar-refractivity contribution is 0.306. The van der Waals surface area contributed by atoms with Gasteiger partial charge in [-0.05, 0) is 60.7 Å². The third-order valence-corrected chi connectivity index (χ3v) is 7.17. The van der Waals surface area contributed by atoms with Crippen LogP contribution in [0.25, 0.3) is 33.5 Å². The van der Waals surface area contributed by atoms with Crippen molar-refractivity contribution in [1.29, 1.82) is 0 Å². The Bertz CT molecular complexity index is 1950. The van der Waals surface area contributed by atoms with Gasteiger partial charge in [0.15, 0.2) is 5.76 Å². The zero-order valence-corrected chi connectivity index (χ0v) is 23.2. The van der Waals surface area contributed by atoms with E-state index in [0.29, 0.717) is 43.6 Å². The number of benzene rings is 4. The van der Waals surface area contributed by atoms with E-state index in [-0.39, 0.29) is 18.0 Å². The van der Waals surface area contributed by atoms with Gasteiger partial charge in [0.2, 0.25) is 5.82 Å². The molecule has 4 aromatic carbocycles. The van der Waals surface area contributed by atoms with E-state index in [1.807, 2.05) is 48.5 Å². The molecule has 0 bridgehead atoms. The van der Waals surface area contributed by atoms with Gasteiger partial charge in [-0.15, -0.1) is 0 Å². The molecule has 0 N–H and O–H groups in total. The van der Waals surface area contributed by atoms with E-state index < -0.39 is 0 Å². The third-order valence-electron chi connectivity index (χ3n) is 6.08. The van der Waals surface area contributed by atoms with Gasteiger partial charge in [-0.2, -0.15) is 9.78 Å². The van der Waals surface area contributed by atoms with Crippen molar-refractivity contribution in [2.24, 2.45) is 5.10 Å². The molecule has 0 unspecified atom stereocenters. The summed E-state index contributed by atoms with van der Waals surface area (Å²) in [6.07, 6.45) is 1.56. The zero-order chi connectivity index (χ0) is 26.9. The Balaban J connectivity index is 1.45. The molecular weight excluding hydrogens is 601 g/mol. The maximum atomic E-state index is 13.6. The Morgan fingerprint density at radius 2 is 1.79 bits per heavy atom. The average Bonchev–Trinajstić information content (AvgIpc) is 3.36. The Morgan fingerprint density at radius 1 is 0.974 bits per heavy atom. The summed E-state index contributed by atoms with van der Waals surface area (Å²) in [5.74, 6) is 1.22. The molecule has 0 aliphatic rings. The molecule has 6 rings (SSSR count). The molecule has 39 heavy (non-hydrogen) atoms. The van der Waals surface area contributed by atoms with Gasteiger partial charge in [-0.3, -0.25) is 4.79 Å². The van der Waals surface area contributed by atoms with Crippen LogP contribution in [0.4, 0.5) is 0 Å². The molecule has 192 valence electrons. The van der Waals surface area contributed by atoms with Gasteiger partial charge in [0.1, 0.15) is 17.9 Å². The Hall–Kier alpha value is -3.91. The lowest BCUT2D eigenvalue weighted by atomic mass is 10.2. The quantitative estimate of drug-likeness (QED) is 0.176. The van der Waals surface area contributed by atoms with Crippen LogP contribution in [0.1, 0.15) is 11.1 Å². The minimum atomic E-state index is -0.334. The van der Waals surface area contributed by atoms with Gasteiger partial charge in [-0.25, -0.2) is 4.98 Å². The maximum Gasteiger partial charge on any atom is 0.282 e. The monoisotopic (exact) mass is 617 g/mol. The predicted molar refractivity (Wildman–Crippen MR) is 159 cm³/mol. The second-order valence-electron chi connectivity index (χ2n) is 8.67. The average molecular weight is 619 g/mol. The highest BCUT2D eigenvalue weighted by atomic mass is 79.9. The van der Waals surface area contributed by atoms with Crippen LogP contribution in [0.5, 0.6) is 5.75 Å². The van der Waals surface area contributed by atoms with Gasteiger partial charge in [-0.1, -0.05) is 69.5 Å². The van der Waals surface area contributed by atoms with E-state index in [1.54, 1.807) is 48.7 Å². The van der Waals surface area contributed by atoms with Gasteiger partial charge in [0.05, 0.1) is 17.1 Å². The number of nitrogens with zero attached hydrogens (tertiary/aromatic N) is 3. The molecule has 2 aromatic heterocycles. The number of halogens is 3. The number of ether oxygens (including phenoxy) is 1. The van der Waals surface area contributed by atoms with E-state index in [9.17, 15) is 4.79 Å². The number of hydrogen-bond acceptors (Lipinski definition) is 5. The Kier molecular flexibility index (Phi) is 6.95. The molecule has 0 aliphatic carbocycles. The molecule has 6 aromatic rings. The number of hydrogen-bond donors (Lipinski definition) is 0. The summed E-state index contributed by atoms with van der Waals surface area (Å²) in [4.78, 5) is 18.3. The highest BCUT2D eigenvalue weighted by molar-refractivity contribution is 9.10. The first-order valence-corrected chi connectivity index (χ1v) is 13.4. The molecule has 0 spiro atoms. The smallest absolute Gasteiger partial charge is 0.282 e. The molecule has 0 atom stereocenters. The number of rotatable bonds is 6. The molecule has 0 fully saturated rings. The van der Waals surface area contributed by atoms with Crippen LogP contribution in [-0.2, 0) is 6.61 Å². The van der Waals surface area contributed by atoms with Gasteiger partial charge in [0, 0.05) is 31.0 Å². The fourth-order valence-electron chi connectivity index (χ4n) is 4.16. The van der Waals surface area contributed by atoms with Gasteiger partial charge >= 0.3 is 0 Å². The zero-order valence-electron chi connectivity index (χ0n) is 20.1. The molecule has 9 heteroatoms. The topological polar surface area (TPSA) is 69.6 Å². The molecule has 2 heterocycles.